The molecule has 0 aliphatic heterocycles. The highest BCUT2D eigenvalue weighted by atomic mass is 19.1. The molecule has 1 aromatic carbocycles. The third-order valence-corrected chi connectivity index (χ3v) is 1.97. The second kappa shape index (κ2) is 6.14. The van der Waals surface area contributed by atoms with Gasteiger partial charge in [-0.15, -0.1) is 0 Å². The summed E-state index contributed by atoms with van der Waals surface area (Å²) in [6.07, 6.45) is 0. The molecular weight excluding hydrogens is 215 g/mol. The molecule has 0 bridgehead atoms. The Bertz CT molecular complexity index is 342. The maximum Gasteiger partial charge on any atom is 0.225 e. The molecule has 88 valence electrons. The van der Waals surface area contributed by atoms with E-state index >= 15 is 0 Å². The van der Waals surface area contributed by atoms with E-state index in [-0.39, 0.29) is 12.4 Å². The molecule has 0 heterocycles. The Morgan fingerprint density at radius 1 is 1.50 bits per heavy atom. The van der Waals surface area contributed by atoms with Crippen LogP contribution in [0.3, 0.4) is 0 Å². The predicted molar refractivity (Wildman–Crippen MR) is 55.8 cm³/mol. The first kappa shape index (κ1) is 12.5. The summed E-state index contributed by atoms with van der Waals surface area (Å²) in [5, 5.41) is 10.4. The van der Waals surface area contributed by atoms with Crippen molar-refractivity contribution in [3.05, 3.63) is 45.8 Å². The Labute approximate surface area is 92.3 Å². The molecule has 0 unspecified atom stereocenters. The molecule has 16 heavy (non-hydrogen) atoms. The first-order chi connectivity index (χ1) is 7.63. The zero-order valence-corrected chi connectivity index (χ0v) is 8.85. The number of rotatable bonds is 6. The van der Waals surface area contributed by atoms with Gasteiger partial charge in [0.15, 0.2) is 0 Å². The van der Waals surface area contributed by atoms with Crippen molar-refractivity contribution in [2.45, 2.75) is 13.0 Å². The van der Waals surface area contributed by atoms with Crippen LogP contribution in [0.15, 0.2) is 24.3 Å². The van der Waals surface area contributed by atoms with E-state index in [4.69, 9.17) is 4.84 Å². The van der Waals surface area contributed by atoms with E-state index in [0.29, 0.717) is 12.2 Å². The van der Waals surface area contributed by atoms with Crippen LogP contribution in [0.25, 0.3) is 0 Å². The van der Waals surface area contributed by atoms with E-state index in [2.05, 4.69) is 5.48 Å². The molecule has 1 rings (SSSR count). The molecule has 1 atom stereocenters. The van der Waals surface area contributed by atoms with Gasteiger partial charge in [0.05, 0.1) is 6.61 Å². The maximum atomic E-state index is 12.7. The number of nitro groups is 1. The van der Waals surface area contributed by atoms with Crippen molar-refractivity contribution in [1.29, 1.82) is 0 Å². The number of nitrogens with one attached hydrogen (secondary N) is 1. The van der Waals surface area contributed by atoms with Crippen molar-refractivity contribution >= 4 is 0 Å². The number of benzene rings is 1. The Morgan fingerprint density at radius 3 is 2.62 bits per heavy atom. The van der Waals surface area contributed by atoms with Gasteiger partial charge in [-0.05, 0) is 24.6 Å². The third-order valence-electron chi connectivity index (χ3n) is 1.97. The van der Waals surface area contributed by atoms with Crippen molar-refractivity contribution < 1.29 is 14.2 Å². The number of halogens is 1. The van der Waals surface area contributed by atoms with Crippen molar-refractivity contribution in [3.8, 4) is 0 Å². The van der Waals surface area contributed by atoms with Crippen molar-refractivity contribution in [2.24, 2.45) is 0 Å². The Hall–Kier alpha value is -1.53. The summed E-state index contributed by atoms with van der Waals surface area (Å²) in [6.45, 7) is 1.85. The average molecular weight is 228 g/mol. The minimum absolute atomic E-state index is 0.314. The van der Waals surface area contributed by atoms with Crippen LogP contribution < -0.4 is 5.48 Å². The topological polar surface area (TPSA) is 64.4 Å². The molecule has 0 aliphatic rings. The van der Waals surface area contributed by atoms with Crippen LogP contribution in [0.1, 0.15) is 18.5 Å². The molecule has 0 saturated carbocycles. The van der Waals surface area contributed by atoms with Gasteiger partial charge >= 0.3 is 0 Å². The Morgan fingerprint density at radius 2 is 2.12 bits per heavy atom. The SMILES string of the molecule is CCON[C@@H](C[N+](=O)[O-])c1ccc(F)cc1. The van der Waals surface area contributed by atoms with Crippen LogP contribution >= 0.6 is 0 Å². The van der Waals surface area contributed by atoms with Crippen LogP contribution in [-0.4, -0.2) is 18.1 Å². The fourth-order valence-electron chi connectivity index (χ4n) is 1.24. The van der Waals surface area contributed by atoms with Gasteiger partial charge in [-0.2, -0.15) is 5.48 Å². The summed E-state index contributed by atoms with van der Waals surface area (Å²) >= 11 is 0. The molecule has 1 aromatic rings. The lowest BCUT2D eigenvalue weighted by molar-refractivity contribution is -0.486. The van der Waals surface area contributed by atoms with Gasteiger partial charge in [0.1, 0.15) is 11.9 Å². The van der Waals surface area contributed by atoms with E-state index in [1.807, 2.05) is 0 Å². The molecule has 5 nitrogen and oxygen atoms in total. The van der Waals surface area contributed by atoms with Gasteiger partial charge in [0, 0.05) is 4.92 Å². The van der Waals surface area contributed by atoms with E-state index in [1.165, 1.54) is 24.3 Å². The van der Waals surface area contributed by atoms with Gasteiger partial charge in [0.25, 0.3) is 0 Å². The van der Waals surface area contributed by atoms with E-state index in [9.17, 15) is 14.5 Å². The monoisotopic (exact) mass is 228 g/mol. The second-order valence-electron chi connectivity index (χ2n) is 3.17. The van der Waals surface area contributed by atoms with E-state index in [1.54, 1.807) is 6.92 Å². The molecule has 6 heteroatoms. The highest BCUT2D eigenvalue weighted by Gasteiger charge is 2.17. The van der Waals surface area contributed by atoms with Crippen LogP contribution in [0.5, 0.6) is 0 Å². The normalized spacial score (nSPS) is 12.4. The lowest BCUT2D eigenvalue weighted by atomic mass is 10.1. The standard InChI is InChI=1S/C10H13FN2O3/c1-2-16-12-10(7-13(14)15)8-3-5-9(11)6-4-8/h3-6,10,12H,2,7H2,1H3/t10-/m0/s1. The fourth-order valence-corrected chi connectivity index (χ4v) is 1.24. The predicted octanol–water partition coefficient (Wildman–Crippen LogP) is 1.68. The van der Waals surface area contributed by atoms with E-state index in [0.717, 1.165) is 0 Å². The third kappa shape index (κ3) is 3.92. The second-order valence-corrected chi connectivity index (χ2v) is 3.17. The zero-order valence-electron chi connectivity index (χ0n) is 8.85. The highest BCUT2D eigenvalue weighted by molar-refractivity contribution is 5.19. The number of hydrogen-bond acceptors (Lipinski definition) is 4. The van der Waals surface area contributed by atoms with Crippen molar-refractivity contribution in [3.63, 3.8) is 0 Å². The molecule has 0 fully saturated rings. The minimum Gasteiger partial charge on any atom is -0.301 e. The summed E-state index contributed by atoms with van der Waals surface area (Å²) in [6, 6.07) is 4.94. The molecule has 0 spiro atoms. The zero-order chi connectivity index (χ0) is 12.0. The quantitative estimate of drug-likeness (QED) is 0.594. The molecule has 1 N–H and O–H groups in total. The number of hydrogen-bond donors (Lipinski definition) is 1. The van der Waals surface area contributed by atoms with Gasteiger partial charge in [-0.25, -0.2) is 4.39 Å². The Balaban J connectivity index is 2.74. The molecular formula is C10H13FN2O3. The van der Waals surface area contributed by atoms with Crippen LogP contribution in [0.2, 0.25) is 0 Å². The Kier molecular flexibility index (Phi) is 4.81. The molecule has 0 saturated heterocycles. The van der Waals surface area contributed by atoms with Crippen LogP contribution in [-0.2, 0) is 4.84 Å². The largest absolute Gasteiger partial charge is 0.301 e. The maximum absolute atomic E-state index is 12.7. The minimum atomic E-state index is -0.574. The number of hydroxylamine groups is 1. The molecule has 0 radical (unpaired) electrons. The van der Waals surface area contributed by atoms with Gasteiger partial charge in [-0.1, -0.05) is 12.1 Å². The summed E-state index contributed by atoms with van der Waals surface area (Å²) in [7, 11) is 0. The van der Waals surface area contributed by atoms with Gasteiger partial charge in [0.2, 0.25) is 6.54 Å². The molecule has 0 amide bonds. The first-order valence-corrected chi connectivity index (χ1v) is 4.88. The number of nitrogens with zero attached hydrogens (tertiary/aromatic N) is 1. The fraction of sp³-hybridized carbons (Fsp3) is 0.400. The summed E-state index contributed by atoms with van der Waals surface area (Å²) in [4.78, 5) is 14.9. The van der Waals surface area contributed by atoms with Gasteiger partial charge < -0.3 is 4.84 Å². The summed E-state index contributed by atoms with van der Waals surface area (Å²) in [5.41, 5.74) is 3.19. The summed E-state index contributed by atoms with van der Waals surface area (Å²) < 4.78 is 12.7. The van der Waals surface area contributed by atoms with Gasteiger partial charge in [-0.3, -0.25) is 10.1 Å². The summed E-state index contributed by atoms with van der Waals surface area (Å²) in [5.74, 6) is -0.375. The average Bonchev–Trinajstić information content (AvgIpc) is 2.25. The first-order valence-electron chi connectivity index (χ1n) is 4.88. The smallest absolute Gasteiger partial charge is 0.225 e. The molecule has 0 aliphatic carbocycles. The van der Waals surface area contributed by atoms with Crippen LogP contribution in [0.4, 0.5) is 4.39 Å². The lowest BCUT2D eigenvalue weighted by Crippen LogP contribution is -2.28. The lowest BCUT2D eigenvalue weighted by Gasteiger charge is -2.14. The highest BCUT2D eigenvalue weighted by Crippen LogP contribution is 2.13. The van der Waals surface area contributed by atoms with E-state index < -0.39 is 11.0 Å². The van der Waals surface area contributed by atoms with Crippen molar-refractivity contribution in [1.82, 2.24) is 5.48 Å². The molecule has 0 aromatic heterocycles. The van der Waals surface area contributed by atoms with Crippen molar-refractivity contribution in [2.75, 3.05) is 13.2 Å². The van der Waals surface area contributed by atoms with Crippen LogP contribution in [0, 0.1) is 15.9 Å².